The second-order valence-corrected chi connectivity index (χ2v) is 4.11. The van der Waals surface area contributed by atoms with Crippen LogP contribution in [0.3, 0.4) is 0 Å². The van der Waals surface area contributed by atoms with Gasteiger partial charge in [-0.2, -0.15) is 23.7 Å². The molecule has 82 valence electrons. The van der Waals surface area contributed by atoms with E-state index in [2.05, 4.69) is 15.0 Å². The van der Waals surface area contributed by atoms with Gasteiger partial charge in [0.2, 0.25) is 5.16 Å². The molecule has 16 heavy (non-hydrogen) atoms. The van der Waals surface area contributed by atoms with Gasteiger partial charge in [-0.15, -0.1) is 0 Å². The van der Waals surface area contributed by atoms with Crippen molar-refractivity contribution in [2.24, 2.45) is 0 Å². The standard InChI is InChI=1S/C10H7F2N3S/c1-6-2-4-7(5-3-6)16-10-14-8(11)13-9(12)15-10/h2-5H,1H3. The maximum atomic E-state index is 12.7. The number of hydrogen-bond acceptors (Lipinski definition) is 4. The number of nitrogens with zero attached hydrogens (tertiary/aromatic N) is 3. The van der Waals surface area contributed by atoms with E-state index in [4.69, 9.17) is 0 Å². The highest BCUT2D eigenvalue weighted by Gasteiger charge is 2.06. The topological polar surface area (TPSA) is 38.7 Å². The van der Waals surface area contributed by atoms with E-state index in [0.29, 0.717) is 0 Å². The van der Waals surface area contributed by atoms with Gasteiger partial charge in [0, 0.05) is 4.90 Å². The van der Waals surface area contributed by atoms with Gasteiger partial charge in [0.25, 0.3) is 0 Å². The first kappa shape index (κ1) is 10.9. The predicted molar refractivity (Wildman–Crippen MR) is 55.0 cm³/mol. The second kappa shape index (κ2) is 4.52. The fourth-order valence-electron chi connectivity index (χ4n) is 1.07. The van der Waals surface area contributed by atoms with Gasteiger partial charge in [-0.3, -0.25) is 0 Å². The van der Waals surface area contributed by atoms with E-state index in [9.17, 15) is 8.78 Å². The van der Waals surface area contributed by atoms with Gasteiger partial charge in [0.15, 0.2) is 0 Å². The first-order chi connectivity index (χ1) is 7.63. The van der Waals surface area contributed by atoms with Crippen LogP contribution in [0, 0.1) is 19.1 Å². The average Bonchev–Trinajstić information content (AvgIpc) is 2.20. The van der Waals surface area contributed by atoms with Gasteiger partial charge < -0.3 is 0 Å². The number of benzene rings is 1. The van der Waals surface area contributed by atoms with Gasteiger partial charge in [-0.25, -0.2) is 0 Å². The number of halogens is 2. The minimum Gasteiger partial charge on any atom is -0.175 e. The zero-order valence-corrected chi connectivity index (χ0v) is 9.13. The molecule has 0 bridgehead atoms. The van der Waals surface area contributed by atoms with E-state index >= 15 is 0 Å². The average molecular weight is 239 g/mol. The lowest BCUT2D eigenvalue weighted by Crippen LogP contribution is -1.99. The highest BCUT2D eigenvalue weighted by molar-refractivity contribution is 7.99. The Morgan fingerprint density at radius 2 is 1.50 bits per heavy atom. The molecule has 0 amide bonds. The molecule has 0 aliphatic heterocycles. The first-order valence-electron chi connectivity index (χ1n) is 4.45. The van der Waals surface area contributed by atoms with Gasteiger partial charge in [-0.05, 0) is 30.8 Å². The van der Waals surface area contributed by atoms with Crippen LogP contribution in [0.15, 0.2) is 34.3 Å². The zero-order chi connectivity index (χ0) is 11.5. The van der Waals surface area contributed by atoms with Crippen molar-refractivity contribution in [3.05, 3.63) is 42.0 Å². The van der Waals surface area contributed by atoms with Crippen molar-refractivity contribution in [1.82, 2.24) is 15.0 Å². The van der Waals surface area contributed by atoms with Gasteiger partial charge in [0.1, 0.15) is 0 Å². The molecule has 0 saturated heterocycles. The van der Waals surface area contributed by atoms with Crippen LogP contribution in [-0.2, 0) is 0 Å². The molecular formula is C10H7F2N3S. The van der Waals surface area contributed by atoms with Crippen molar-refractivity contribution in [2.75, 3.05) is 0 Å². The summed E-state index contributed by atoms with van der Waals surface area (Å²) in [4.78, 5) is 10.4. The third kappa shape index (κ3) is 2.73. The third-order valence-corrected chi connectivity index (χ3v) is 2.66. The normalized spacial score (nSPS) is 10.4. The Bertz CT molecular complexity index is 482. The number of hydrogen-bond donors (Lipinski definition) is 0. The fourth-order valence-corrected chi connectivity index (χ4v) is 1.79. The summed E-state index contributed by atoms with van der Waals surface area (Å²) in [6.07, 6.45) is -2.22. The Balaban J connectivity index is 2.23. The van der Waals surface area contributed by atoms with E-state index in [-0.39, 0.29) is 5.16 Å². The zero-order valence-electron chi connectivity index (χ0n) is 8.32. The van der Waals surface area contributed by atoms with E-state index < -0.39 is 12.2 Å². The largest absolute Gasteiger partial charge is 0.315 e. The van der Waals surface area contributed by atoms with Crippen molar-refractivity contribution in [3.8, 4) is 0 Å². The molecule has 1 aromatic carbocycles. The van der Waals surface area contributed by atoms with Gasteiger partial charge in [-0.1, -0.05) is 17.7 Å². The maximum Gasteiger partial charge on any atom is 0.315 e. The van der Waals surface area contributed by atoms with Crippen LogP contribution in [0.2, 0.25) is 0 Å². The van der Waals surface area contributed by atoms with Crippen LogP contribution < -0.4 is 0 Å². The molecule has 0 unspecified atom stereocenters. The Hall–Kier alpha value is -1.56. The third-order valence-electron chi connectivity index (χ3n) is 1.79. The Kier molecular flexibility index (Phi) is 3.09. The Morgan fingerprint density at radius 1 is 0.938 bits per heavy atom. The molecule has 1 aromatic heterocycles. The van der Waals surface area contributed by atoms with Crippen LogP contribution in [-0.4, -0.2) is 15.0 Å². The van der Waals surface area contributed by atoms with Crippen molar-refractivity contribution in [2.45, 2.75) is 17.0 Å². The highest BCUT2D eigenvalue weighted by atomic mass is 32.2. The lowest BCUT2D eigenvalue weighted by atomic mass is 10.2. The van der Waals surface area contributed by atoms with E-state index in [1.165, 1.54) is 0 Å². The Morgan fingerprint density at radius 3 is 2.06 bits per heavy atom. The van der Waals surface area contributed by atoms with Crippen LogP contribution in [0.25, 0.3) is 0 Å². The smallest absolute Gasteiger partial charge is 0.175 e. The fraction of sp³-hybridized carbons (Fsp3) is 0.100. The molecule has 2 rings (SSSR count). The van der Waals surface area contributed by atoms with Crippen molar-refractivity contribution in [3.63, 3.8) is 0 Å². The van der Waals surface area contributed by atoms with Crippen molar-refractivity contribution in [1.29, 1.82) is 0 Å². The monoisotopic (exact) mass is 239 g/mol. The van der Waals surface area contributed by atoms with Crippen LogP contribution in [0.4, 0.5) is 8.78 Å². The summed E-state index contributed by atoms with van der Waals surface area (Å²) in [6, 6.07) is 7.46. The van der Waals surface area contributed by atoms with Gasteiger partial charge in [0.05, 0.1) is 0 Å². The molecule has 0 atom stereocenters. The summed E-state index contributed by atoms with van der Waals surface area (Å²) in [6.45, 7) is 1.96. The molecule has 0 saturated carbocycles. The first-order valence-corrected chi connectivity index (χ1v) is 5.27. The van der Waals surface area contributed by atoms with E-state index in [0.717, 1.165) is 22.2 Å². The summed E-state index contributed by atoms with van der Waals surface area (Å²) in [5.74, 6) is 0. The van der Waals surface area contributed by atoms with Crippen molar-refractivity contribution >= 4 is 11.8 Å². The van der Waals surface area contributed by atoms with Crippen LogP contribution >= 0.6 is 11.8 Å². The minimum atomic E-state index is -1.11. The van der Waals surface area contributed by atoms with E-state index in [1.54, 1.807) is 0 Å². The summed E-state index contributed by atoms with van der Waals surface area (Å²) in [5, 5.41) is 0.00820. The molecule has 0 aliphatic carbocycles. The second-order valence-electron chi connectivity index (χ2n) is 3.07. The summed E-state index contributed by atoms with van der Waals surface area (Å²) >= 11 is 1.08. The van der Waals surface area contributed by atoms with Crippen LogP contribution in [0.5, 0.6) is 0 Å². The summed E-state index contributed by atoms with van der Waals surface area (Å²) < 4.78 is 25.4. The minimum absolute atomic E-state index is 0.00820. The molecule has 1 heterocycles. The predicted octanol–water partition coefficient (Wildman–Crippen LogP) is 2.61. The number of rotatable bonds is 2. The SMILES string of the molecule is Cc1ccc(Sc2nc(F)nc(F)n2)cc1. The molecule has 0 fully saturated rings. The molecule has 3 nitrogen and oxygen atoms in total. The highest BCUT2D eigenvalue weighted by Crippen LogP contribution is 2.24. The molecule has 0 radical (unpaired) electrons. The molecule has 2 aromatic rings. The molecule has 0 N–H and O–H groups in total. The van der Waals surface area contributed by atoms with Crippen LogP contribution in [0.1, 0.15) is 5.56 Å². The summed E-state index contributed by atoms with van der Waals surface area (Å²) in [5.41, 5.74) is 1.11. The maximum absolute atomic E-state index is 12.7. The number of aromatic nitrogens is 3. The lowest BCUT2D eigenvalue weighted by molar-refractivity contribution is 0.434. The number of aryl methyl sites for hydroxylation is 1. The molecule has 6 heteroatoms. The lowest BCUT2D eigenvalue weighted by Gasteiger charge is -2.00. The van der Waals surface area contributed by atoms with Crippen molar-refractivity contribution < 1.29 is 8.78 Å². The Labute approximate surface area is 95.0 Å². The van der Waals surface area contributed by atoms with E-state index in [1.807, 2.05) is 31.2 Å². The quantitative estimate of drug-likeness (QED) is 0.807. The molecule has 0 aliphatic rings. The summed E-state index contributed by atoms with van der Waals surface area (Å²) in [7, 11) is 0. The molecular weight excluding hydrogens is 232 g/mol. The van der Waals surface area contributed by atoms with Gasteiger partial charge >= 0.3 is 12.2 Å². The molecule has 0 spiro atoms.